The maximum absolute atomic E-state index is 5.05. The van der Waals surface area contributed by atoms with Crippen LogP contribution in [0, 0.1) is 6.92 Å². The summed E-state index contributed by atoms with van der Waals surface area (Å²) in [6.45, 7) is 3.00. The van der Waals surface area contributed by atoms with Crippen molar-refractivity contribution in [3.05, 3.63) is 21.9 Å². The van der Waals surface area contributed by atoms with Crippen LogP contribution in [0.4, 0.5) is 0 Å². The van der Waals surface area contributed by atoms with Crippen molar-refractivity contribution >= 4 is 11.3 Å². The molecule has 1 heterocycles. The number of nitrogens with one attached hydrogen (secondary N) is 1. The molecule has 1 atom stereocenters. The lowest BCUT2D eigenvalue weighted by molar-refractivity contribution is 0.189. The normalized spacial score (nSPS) is 13.1. The highest BCUT2D eigenvalue weighted by molar-refractivity contribution is 7.10. The molecule has 0 saturated heterocycles. The van der Waals surface area contributed by atoms with Gasteiger partial charge in [0.1, 0.15) is 0 Å². The van der Waals surface area contributed by atoms with Gasteiger partial charge in [0.15, 0.2) is 0 Å². The first kappa shape index (κ1) is 11.7. The Labute approximate surface area is 90.3 Å². The first-order valence-electron chi connectivity index (χ1n) is 4.99. The van der Waals surface area contributed by atoms with Crippen LogP contribution in [-0.4, -0.2) is 20.8 Å². The van der Waals surface area contributed by atoms with Gasteiger partial charge in [0.05, 0.1) is 0 Å². The molecule has 0 bridgehead atoms. The van der Waals surface area contributed by atoms with Gasteiger partial charge in [-0.05, 0) is 43.8 Å². The Morgan fingerprint density at radius 2 is 2.36 bits per heavy atom. The summed E-state index contributed by atoms with van der Waals surface area (Å²) in [6, 6.07) is 2.74. The molecule has 1 N–H and O–H groups in total. The van der Waals surface area contributed by atoms with Crippen molar-refractivity contribution in [1.82, 2.24) is 5.32 Å². The Morgan fingerprint density at radius 3 is 2.86 bits per heavy atom. The first-order valence-corrected chi connectivity index (χ1v) is 5.87. The molecule has 0 spiro atoms. The second kappa shape index (κ2) is 6.17. The molecule has 0 aromatic carbocycles. The van der Waals surface area contributed by atoms with E-state index in [0.717, 1.165) is 19.4 Å². The summed E-state index contributed by atoms with van der Waals surface area (Å²) >= 11 is 1.82. The second-order valence-electron chi connectivity index (χ2n) is 3.47. The van der Waals surface area contributed by atoms with Gasteiger partial charge in [0, 0.05) is 24.6 Å². The van der Waals surface area contributed by atoms with Crippen molar-refractivity contribution in [1.29, 1.82) is 0 Å². The zero-order valence-corrected chi connectivity index (χ0v) is 9.99. The Morgan fingerprint density at radius 1 is 1.57 bits per heavy atom. The minimum atomic E-state index is 0.482. The standard InChI is InChI=1S/C11H19NOS/c1-9-7-10(8-14-9)11(12-2)5-4-6-13-3/h7-8,11-12H,4-6H2,1-3H3. The summed E-state index contributed by atoms with van der Waals surface area (Å²) in [5.41, 5.74) is 1.41. The van der Waals surface area contributed by atoms with E-state index in [1.807, 2.05) is 18.4 Å². The smallest absolute Gasteiger partial charge is 0.0462 e. The number of hydrogen-bond acceptors (Lipinski definition) is 3. The molecule has 0 aliphatic carbocycles. The minimum absolute atomic E-state index is 0.482. The molecule has 0 saturated carbocycles. The van der Waals surface area contributed by atoms with Crippen LogP contribution in [0.1, 0.15) is 29.3 Å². The number of aryl methyl sites for hydroxylation is 1. The summed E-state index contributed by atoms with van der Waals surface area (Å²) in [6.07, 6.45) is 2.25. The van der Waals surface area contributed by atoms with E-state index in [0.29, 0.717) is 6.04 Å². The van der Waals surface area contributed by atoms with Gasteiger partial charge in [0.25, 0.3) is 0 Å². The van der Waals surface area contributed by atoms with E-state index in [4.69, 9.17) is 4.74 Å². The third-order valence-electron chi connectivity index (χ3n) is 2.34. The van der Waals surface area contributed by atoms with E-state index in [-0.39, 0.29) is 0 Å². The first-order chi connectivity index (χ1) is 6.77. The van der Waals surface area contributed by atoms with Gasteiger partial charge < -0.3 is 10.1 Å². The molecule has 1 aromatic heterocycles. The van der Waals surface area contributed by atoms with Gasteiger partial charge in [0.2, 0.25) is 0 Å². The lowest BCUT2D eigenvalue weighted by Crippen LogP contribution is -2.16. The third kappa shape index (κ3) is 3.40. The topological polar surface area (TPSA) is 21.3 Å². The summed E-state index contributed by atoms with van der Waals surface area (Å²) in [5, 5.41) is 5.58. The fourth-order valence-electron chi connectivity index (χ4n) is 1.56. The number of ether oxygens (including phenoxy) is 1. The van der Waals surface area contributed by atoms with Gasteiger partial charge in [-0.15, -0.1) is 11.3 Å². The summed E-state index contributed by atoms with van der Waals surface area (Å²) in [7, 11) is 3.77. The van der Waals surface area contributed by atoms with Crippen LogP contribution in [0.2, 0.25) is 0 Å². The highest BCUT2D eigenvalue weighted by atomic mass is 32.1. The van der Waals surface area contributed by atoms with Gasteiger partial charge in [-0.25, -0.2) is 0 Å². The molecule has 14 heavy (non-hydrogen) atoms. The molecule has 0 aliphatic rings. The molecular weight excluding hydrogens is 194 g/mol. The van der Waals surface area contributed by atoms with Gasteiger partial charge >= 0.3 is 0 Å². The molecule has 1 unspecified atom stereocenters. The van der Waals surface area contributed by atoms with Crippen LogP contribution < -0.4 is 5.32 Å². The van der Waals surface area contributed by atoms with Crippen molar-refractivity contribution in [3.8, 4) is 0 Å². The Bertz CT molecular complexity index is 260. The number of rotatable bonds is 6. The summed E-state index contributed by atoms with van der Waals surface area (Å²) in [4.78, 5) is 1.38. The van der Waals surface area contributed by atoms with Crippen molar-refractivity contribution in [2.45, 2.75) is 25.8 Å². The Kier molecular flexibility index (Phi) is 5.15. The molecule has 0 fully saturated rings. The fraction of sp³-hybridized carbons (Fsp3) is 0.636. The highest BCUT2D eigenvalue weighted by Crippen LogP contribution is 2.23. The zero-order valence-electron chi connectivity index (χ0n) is 9.17. The van der Waals surface area contributed by atoms with Gasteiger partial charge in [-0.3, -0.25) is 0 Å². The molecule has 1 rings (SSSR count). The Hall–Kier alpha value is -0.380. The molecule has 1 aromatic rings. The lowest BCUT2D eigenvalue weighted by Gasteiger charge is -2.14. The van der Waals surface area contributed by atoms with E-state index < -0.39 is 0 Å². The number of methoxy groups -OCH3 is 1. The largest absolute Gasteiger partial charge is 0.385 e. The van der Waals surface area contributed by atoms with Gasteiger partial charge in [-0.2, -0.15) is 0 Å². The van der Waals surface area contributed by atoms with Crippen LogP contribution in [0.5, 0.6) is 0 Å². The van der Waals surface area contributed by atoms with Crippen LogP contribution in [0.25, 0.3) is 0 Å². The van der Waals surface area contributed by atoms with Crippen LogP contribution >= 0.6 is 11.3 Å². The third-order valence-corrected chi connectivity index (χ3v) is 3.22. The predicted molar refractivity (Wildman–Crippen MR) is 62.0 cm³/mol. The average molecular weight is 213 g/mol. The average Bonchev–Trinajstić information content (AvgIpc) is 2.60. The molecule has 0 amide bonds. The monoisotopic (exact) mass is 213 g/mol. The maximum atomic E-state index is 5.05. The molecular formula is C11H19NOS. The van der Waals surface area contributed by atoms with Crippen LogP contribution in [-0.2, 0) is 4.74 Å². The molecule has 80 valence electrons. The van der Waals surface area contributed by atoms with E-state index in [9.17, 15) is 0 Å². The molecule has 2 nitrogen and oxygen atoms in total. The van der Waals surface area contributed by atoms with E-state index in [2.05, 4.69) is 23.7 Å². The van der Waals surface area contributed by atoms with Crippen LogP contribution in [0.3, 0.4) is 0 Å². The second-order valence-corrected chi connectivity index (χ2v) is 4.58. The summed E-state index contributed by atoms with van der Waals surface area (Å²) < 4.78 is 5.05. The number of thiophene rings is 1. The van der Waals surface area contributed by atoms with E-state index in [1.165, 1.54) is 10.4 Å². The van der Waals surface area contributed by atoms with E-state index in [1.54, 1.807) is 7.11 Å². The molecule has 0 aliphatic heterocycles. The SMILES string of the molecule is CNC(CCCOC)c1csc(C)c1. The zero-order chi connectivity index (χ0) is 10.4. The fourth-order valence-corrected chi connectivity index (χ4v) is 2.31. The van der Waals surface area contributed by atoms with Crippen molar-refractivity contribution in [2.75, 3.05) is 20.8 Å². The van der Waals surface area contributed by atoms with Crippen molar-refractivity contribution in [3.63, 3.8) is 0 Å². The molecule has 0 radical (unpaired) electrons. The predicted octanol–water partition coefficient (Wildman–Crippen LogP) is 2.74. The summed E-state index contributed by atoms with van der Waals surface area (Å²) in [5.74, 6) is 0. The van der Waals surface area contributed by atoms with Crippen molar-refractivity contribution in [2.24, 2.45) is 0 Å². The Balaban J connectivity index is 2.45. The maximum Gasteiger partial charge on any atom is 0.0462 e. The quantitative estimate of drug-likeness (QED) is 0.734. The minimum Gasteiger partial charge on any atom is -0.385 e. The highest BCUT2D eigenvalue weighted by Gasteiger charge is 2.09. The van der Waals surface area contributed by atoms with E-state index >= 15 is 0 Å². The number of hydrogen-bond donors (Lipinski definition) is 1. The van der Waals surface area contributed by atoms with Crippen molar-refractivity contribution < 1.29 is 4.74 Å². The lowest BCUT2D eigenvalue weighted by atomic mass is 10.1. The molecule has 3 heteroatoms. The van der Waals surface area contributed by atoms with Crippen LogP contribution in [0.15, 0.2) is 11.4 Å². The van der Waals surface area contributed by atoms with Gasteiger partial charge in [-0.1, -0.05) is 0 Å².